The smallest absolute Gasteiger partial charge is 0.227 e. The topological polar surface area (TPSA) is 70.1 Å². The Morgan fingerprint density at radius 1 is 1.50 bits per heavy atom. The molecular formula is C12H13N3O. The van der Waals surface area contributed by atoms with Crippen LogP contribution in [0.1, 0.15) is 12.0 Å². The van der Waals surface area contributed by atoms with Gasteiger partial charge in [-0.3, -0.25) is 4.79 Å². The molecule has 82 valence electrons. The van der Waals surface area contributed by atoms with E-state index in [1.807, 2.05) is 6.07 Å². The lowest BCUT2D eigenvalue weighted by molar-refractivity contribution is -0.117. The Balaban J connectivity index is 2.32. The quantitative estimate of drug-likeness (QED) is 0.795. The van der Waals surface area contributed by atoms with Gasteiger partial charge in [-0.1, -0.05) is 12.1 Å². The molecule has 0 radical (unpaired) electrons. The van der Waals surface area contributed by atoms with E-state index in [0.717, 1.165) is 0 Å². The first-order valence-electron chi connectivity index (χ1n) is 5.26. The van der Waals surface area contributed by atoms with Crippen LogP contribution in [0.2, 0.25) is 0 Å². The fourth-order valence-electron chi connectivity index (χ4n) is 1.98. The van der Waals surface area contributed by atoms with Crippen LogP contribution in [0.15, 0.2) is 24.3 Å². The molecule has 1 aliphatic heterocycles. The van der Waals surface area contributed by atoms with Crippen LogP contribution in [0.5, 0.6) is 0 Å². The number of anilines is 1. The van der Waals surface area contributed by atoms with Crippen molar-refractivity contribution >= 4 is 11.6 Å². The molecule has 2 N–H and O–H groups in total. The number of hydrogen-bond acceptors (Lipinski definition) is 3. The predicted molar refractivity (Wildman–Crippen MR) is 60.7 cm³/mol. The minimum Gasteiger partial charge on any atom is -0.330 e. The van der Waals surface area contributed by atoms with Crippen LogP contribution >= 0.6 is 0 Å². The van der Waals surface area contributed by atoms with Crippen molar-refractivity contribution in [2.45, 2.75) is 6.42 Å². The van der Waals surface area contributed by atoms with E-state index in [0.29, 0.717) is 30.8 Å². The number of carbonyl (C=O) groups is 1. The summed E-state index contributed by atoms with van der Waals surface area (Å²) in [5.41, 5.74) is 6.80. The van der Waals surface area contributed by atoms with Crippen molar-refractivity contribution in [2.75, 3.05) is 18.0 Å². The number of amides is 1. The average Bonchev–Trinajstić information content (AvgIpc) is 2.70. The Morgan fingerprint density at radius 2 is 2.25 bits per heavy atom. The lowest BCUT2D eigenvalue weighted by Crippen LogP contribution is -2.26. The highest BCUT2D eigenvalue weighted by Gasteiger charge is 2.30. The second kappa shape index (κ2) is 4.33. The summed E-state index contributed by atoms with van der Waals surface area (Å²) in [6, 6.07) is 9.25. The number of carbonyl (C=O) groups excluding carboxylic acids is 1. The van der Waals surface area contributed by atoms with E-state index in [-0.39, 0.29) is 11.8 Å². The van der Waals surface area contributed by atoms with E-state index < -0.39 is 0 Å². The molecule has 0 bridgehead atoms. The van der Waals surface area contributed by atoms with E-state index in [9.17, 15) is 4.79 Å². The van der Waals surface area contributed by atoms with Gasteiger partial charge in [0.1, 0.15) is 6.07 Å². The normalized spacial score (nSPS) is 19.9. The molecule has 0 aliphatic carbocycles. The second-order valence-corrected chi connectivity index (χ2v) is 3.94. The van der Waals surface area contributed by atoms with Crippen LogP contribution in [0.25, 0.3) is 0 Å². The summed E-state index contributed by atoms with van der Waals surface area (Å²) >= 11 is 0. The molecular weight excluding hydrogens is 202 g/mol. The Kier molecular flexibility index (Phi) is 2.88. The summed E-state index contributed by atoms with van der Waals surface area (Å²) in [4.78, 5) is 13.4. The van der Waals surface area contributed by atoms with Gasteiger partial charge in [0.2, 0.25) is 5.91 Å². The van der Waals surface area contributed by atoms with Crippen LogP contribution in [0, 0.1) is 17.2 Å². The van der Waals surface area contributed by atoms with Crippen molar-refractivity contribution in [1.29, 1.82) is 5.26 Å². The number of benzene rings is 1. The third-order valence-electron chi connectivity index (χ3n) is 2.85. The van der Waals surface area contributed by atoms with E-state index in [2.05, 4.69) is 6.07 Å². The van der Waals surface area contributed by atoms with Crippen molar-refractivity contribution in [3.8, 4) is 6.07 Å². The first kappa shape index (κ1) is 10.7. The lowest BCUT2D eigenvalue weighted by atomic mass is 10.1. The lowest BCUT2D eigenvalue weighted by Gasteiger charge is -2.17. The molecule has 1 unspecified atom stereocenters. The maximum Gasteiger partial charge on any atom is 0.227 e. The van der Waals surface area contributed by atoms with Gasteiger partial charge in [-0.25, -0.2) is 0 Å². The maximum atomic E-state index is 11.8. The zero-order valence-corrected chi connectivity index (χ0v) is 8.89. The highest BCUT2D eigenvalue weighted by molar-refractivity contribution is 5.96. The Bertz CT molecular complexity index is 450. The first-order valence-corrected chi connectivity index (χ1v) is 5.26. The Morgan fingerprint density at radius 3 is 2.88 bits per heavy atom. The van der Waals surface area contributed by atoms with Crippen LogP contribution < -0.4 is 10.6 Å². The van der Waals surface area contributed by atoms with Crippen molar-refractivity contribution in [1.82, 2.24) is 0 Å². The van der Waals surface area contributed by atoms with Gasteiger partial charge >= 0.3 is 0 Å². The molecule has 1 saturated heterocycles. The van der Waals surface area contributed by atoms with Crippen molar-refractivity contribution < 1.29 is 4.79 Å². The SMILES string of the molecule is N#Cc1ccccc1N1CC(CN)CC1=O. The largest absolute Gasteiger partial charge is 0.330 e. The number of nitriles is 1. The summed E-state index contributed by atoms with van der Waals surface area (Å²) in [6.07, 6.45) is 0.482. The van der Waals surface area contributed by atoms with E-state index in [1.165, 1.54) is 0 Å². The molecule has 1 fully saturated rings. The van der Waals surface area contributed by atoms with Gasteiger partial charge in [0, 0.05) is 13.0 Å². The standard InChI is InChI=1S/C12H13N3O/c13-6-9-5-12(16)15(8-9)11-4-2-1-3-10(11)7-14/h1-4,9H,5-6,8,13H2. The van der Waals surface area contributed by atoms with Gasteiger partial charge in [-0.15, -0.1) is 0 Å². The maximum absolute atomic E-state index is 11.8. The molecule has 0 saturated carbocycles. The number of hydrogen-bond donors (Lipinski definition) is 1. The number of para-hydroxylation sites is 1. The van der Waals surface area contributed by atoms with Crippen LogP contribution in [0.4, 0.5) is 5.69 Å². The van der Waals surface area contributed by atoms with Gasteiger partial charge in [0.05, 0.1) is 11.3 Å². The minimum absolute atomic E-state index is 0.0538. The summed E-state index contributed by atoms with van der Waals surface area (Å²) in [7, 11) is 0. The third kappa shape index (κ3) is 1.77. The molecule has 16 heavy (non-hydrogen) atoms. The highest BCUT2D eigenvalue weighted by atomic mass is 16.2. The molecule has 4 heteroatoms. The van der Waals surface area contributed by atoms with Gasteiger partial charge in [0.15, 0.2) is 0 Å². The third-order valence-corrected chi connectivity index (χ3v) is 2.85. The zero-order chi connectivity index (χ0) is 11.5. The van der Waals surface area contributed by atoms with Gasteiger partial charge < -0.3 is 10.6 Å². The zero-order valence-electron chi connectivity index (χ0n) is 8.89. The molecule has 1 aromatic rings. The number of nitrogens with two attached hydrogens (primary N) is 1. The monoisotopic (exact) mass is 215 g/mol. The molecule has 2 rings (SSSR count). The molecule has 1 aromatic carbocycles. The van der Waals surface area contributed by atoms with Crippen LogP contribution in [0.3, 0.4) is 0 Å². The van der Waals surface area contributed by atoms with Crippen molar-refractivity contribution in [3.05, 3.63) is 29.8 Å². The minimum atomic E-state index is 0.0538. The molecule has 1 amide bonds. The van der Waals surface area contributed by atoms with E-state index in [4.69, 9.17) is 11.0 Å². The van der Waals surface area contributed by atoms with Gasteiger partial charge in [0.25, 0.3) is 0 Å². The average molecular weight is 215 g/mol. The van der Waals surface area contributed by atoms with Crippen molar-refractivity contribution in [3.63, 3.8) is 0 Å². The number of nitrogens with zero attached hydrogens (tertiary/aromatic N) is 2. The second-order valence-electron chi connectivity index (χ2n) is 3.94. The summed E-state index contributed by atoms with van der Waals surface area (Å²) in [5, 5.41) is 8.98. The van der Waals surface area contributed by atoms with E-state index in [1.54, 1.807) is 23.1 Å². The first-order chi connectivity index (χ1) is 7.76. The fourth-order valence-corrected chi connectivity index (χ4v) is 1.98. The van der Waals surface area contributed by atoms with E-state index >= 15 is 0 Å². The molecule has 1 atom stereocenters. The Hall–Kier alpha value is -1.86. The highest BCUT2D eigenvalue weighted by Crippen LogP contribution is 2.27. The molecule has 0 aromatic heterocycles. The van der Waals surface area contributed by atoms with Gasteiger partial charge in [-0.05, 0) is 24.6 Å². The molecule has 0 spiro atoms. The molecule has 4 nitrogen and oxygen atoms in total. The summed E-state index contributed by atoms with van der Waals surface area (Å²) in [5.74, 6) is 0.261. The Labute approximate surface area is 94.3 Å². The molecule has 1 heterocycles. The van der Waals surface area contributed by atoms with Crippen LogP contribution in [-0.2, 0) is 4.79 Å². The predicted octanol–water partition coefficient (Wildman–Crippen LogP) is 0.870. The van der Waals surface area contributed by atoms with Gasteiger partial charge in [-0.2, -0.15) is 5.26 Å². The van der Waals surface area contributed by atoms with Crippen molar-refractivity contribution in [2.24, 2.45) is 11.7 Å². The summed E-state index contributed by atoms with van der Waals surface area (Å²) < 4.78 is 0. The number of rotatable bonds is 2. The van der Waals surface area contributed by atoms with Crippen LogP contribution in [-0.4, -0.2) is 19.0 Å². The summed E-state index contributed by atoms with van der Waals surface area (Å²) in [6.45, 7) is 1.13. The fraction of sp³-hybridized carbons (Fsp3) is 0.333. The molecule has 1 aliphatic rings.